The van der Waals surface area contributed by atoms with E-state index in [-0.39, 0.29) is 5.54 Å². The van der Waals surface area contributed by atoms with Crippen LogP contribution in [-0.4, -0.2) is 66.3 Å². The van der Waals surface area contributed by atoms with Crippen LogP contribution in [0.25, 0.3) is 0 Å². The summed E-state index contributed by atoms with van der Waals surface area (Å²) in [7, 11) is 1.74. The van der Waals surface area contributed by atoms with Gasteiger partial charge in [-0.1, -0.05) is 0 Å². The molecule has 0 bridgehead atoms. The van der Waals surface area contributed by atoms with Crippen molar-refractivity contribution in [2.75, 3.05) is 39.9 Å². The molecule has 0 unspecified atom stereocenters. The van der Waals surface area contributed by atoms with Crippen molar-refractivity contribution in [1.82, 2.24) is 9.80 Å². The van der Waals surface area contributed by atoms with Gasteiger partial charge < -0.3 is 9.84 Å². The number of aromatic carboxylic acids is 1. The first-order chi connectivity index (χ1) is 9.94. The first-order valence-corrected chi connectivity index (χ1v) is 8.08. The van der Waals surface area contributed by atoms with E-state index < -0.39 is 5.97 Å². The third-order valence-electron chi connectivity index (χ3n) is 4.06. The van der Waals surface area contributed by atoms with Crippen LogP contribution in [0.1, 0.15) is 29.1 Å². The summed E-state index contributed by atoms with van der Waals surface area (Å²) in [5.74, 6) is -0.820. The van der Waals surface area contributed by atoms with E-state index in [9.17, 15) is 4.79 Å². The molecule has 1 aromatic rings. The van der Waals surface area contributed by atoms with Crippen LogP contribution in [0.5, 0.6) is 0 Å². The first-order valence-electron chi connectivity index (χ1n) is 7.20. The molecular weight excluding hydrogens is 288 g/mol. The highest BCUT2D eigenvalue weighted by atomic mass is 32.1. The maximum atomic E-state index is 11.1. The van der Waals surface area contributed by atoms with E-state index in [1.54, 1.807) is 7.11 Å². The SMILES string of the molecule is COCC(C)(C)N1CCN(Cc2ccsc2C(=O)O)CC1. The van der Waals surface area contributed by atoms with Gasteiger partial charge in [0.25, 0.3) is 0 Å². The van der Waals surface area contributed by atoms with E-state index in [2.05, 4.69) is 23.6 Å². The summed E-state index contributed by atoms with van der Waals surface area (Å²) in [4.78, 5) is 16.4. The van der Waals surface area contributed by atoms with Crippen LogP contribution in [0, 0.1) is 0 Å². The zero-order chi connectivity index (χ0) is 15.5. The fourth-order valence-electron chi connectivity index (χ4n) is 2.84. The molecule has 1 aromatic heterocycles. The molecule has 0 amide bonds. The zero-order valence-corrected chi connectivity index (χ0v) is 13.8. The number of rotatable bonds is 6. The Bertz CT molecular complexity index is 479. The highest BCUT2D eigenvalue weighted by Crippen LogP contribution is 2.21. The molecule has 2 rings (SSSR count). The summed E-state index contributed by atoms with van der Waals surface area (Å²) < 4.78 is 5.29. The van der Waals surface area contributed by atoms with E-state index in [1.807, 2.05) is 11.4 Å². The topological polar surface area (TPSA) is 53.0 Å². The Labute approximate surface area is 130 Å². The van der Waals surface area contributed by atoms with E-state index in [0.29, 0.717) is 4.88 Å². The van der Waals surface area contributed by atoms with Crippen LogP contribution in [-0.2, 0) is 11.3 Å². The molecule has 5 nitrogen and oxygen atoms in total. The van der Waals surface area contributed by atoms with Gasteiger partial charge in [0.1, 0.15) is 4.88 Å². The third-order valence-corrected chi connectivity index (χ3v) is 5.01. The standard InChI is InChI=1S/C15H24N2O3S/c1-15(2,11-20-3)17-7-5-16(6-8-17)10-12-4-9-21-13(12)14(18)19/h4,9H,5-8,10-11H2,1-3H3,(H,18,19). The van der Waals surface area contributed by atoms with Gasteiger partial charge in [-0.2, -0.15) is 0 Å². The maximum Gasteiger partial charge on any atom is 0.346 e. The summed E-state index contributed by atoms with van der Waals surface area (Å²) in [5.41, 5.74) is 0.979. The minimum absolute atomic E-state index is 0.0510. The van der Waals surface area contributed by atoms with Crippen molar-refractivity contribution in [3.05, 3.63) is 21.9 Å². The Balaban J connectivity index is 1.90. The second kappa shape index (κ2) is 6.87. The second-order valence-electron chi connectivity index (χ2n) is 6.09. The monoisotopic (exact) mass is 312 g/mol. The van der Waals surface area contributed by atoms with Crippen molar-refractivity contribution in [2.24, 2.45) is 0 Å². The van der Waals surface area contributed by atoms with E-state index in [4.69, 9.17) is 9.84 Å². The van der Waals surface area contributed by atoms with Crippen LogP contribution in [0.2, 0.25) is 0 Å². The van der Waals surface area contributed by atoms with Gasteiger partial charge in [-0.3, -0.25) is 9.80 Å². The number of hydrogen-bond acceptors (Lipinski definition) is 5. The fourth-order valence-corrected chi connectivity index (χ4v) is 3.60. The average molecular weight is 312 g/mol. The lowest BCUT2D eigenvalue weighted by Crippen LogP contribution is -2.56. The number of carboxylic acids is 1. The lowest BCUT2D eigenvalue weighted by Gasteiger charge is -2.43. The molecule has 118 valence electrons. The van der Waals surface area contributed by atoms with Crippen LogP contribution < -0.4 is 0 Å². The van der Waals surface area contributed by atoms with Gasteiger partial charge in [-0.15, -0.1) is 11.3 Å². The molecule has 1 fully saturated rings. The highest BCUT2D eigenvalue weighted by Gasteiger charge is 2.30. The molecule has 1 N–H and O–H groups in total. The number of ether oxygens (including phenoxy) is 1. The molecule has 0 atom stereocenters. The quantitative estimate of drug-likeness (QED) is 0.870. The number of methoxy groups -OCH3 is 1. The number of nitrogens with zero attached hydrogens (tertiary/aromatic N) is 2. The lowest BCUT2D eigenvalue weighted by molar-refractivity contribution is 0.000722. The predicted molar refractivity (Wildman–Crippen MR) is 84.1 cm³/mol. The molecule has 1 aliphatic heterocycles. The Morgan fingerprint density at radius 1 is 1.38 bits per heavy atom. The van der Waals surface area contributed by atoms with Gasteiger partial charge in [0.05, 0.1) is 6.61 Å². The van der Waals surface area contributed by atoms with Crippen LogP contribution >= 0.6 is 11.3 Å². The van der Waals surface area contributed by atoms with Crippen molar-refractivity contribution < 1.29 is 14.6 Å². The van der Waals surface area contributed by atoms with Crippen molar-refractivity contribution in [1.29, 1.82) is 0 Å². The van der Waals surface area contributed by atoms with Gasteiger partial charge in [0.2, 0.25) is 0 Å². The Hall–Kier alpha value is -0.950. The summed E-state index contributed by atoms with van der Waals surface area (Å²) in [5, 5.41) is 11.0. The van der Waals surface area contributed by atoms with E-state index in [0.717, 1.165) is 44.9 Å². The summed E-state index contributed by atoms with van der Waals surface area (Å²) >= 11 is 1.30. The minimum atomic E-state index is -0.820. The summed E-state index contributed by atoms with van der Waals surface area (Å²) in [6, 6.07) is 1.93. The Morgan fingerprint density at radius 2 is 2.05 bits per heavy atom. The molecule has 6 heteroatoms. The van der Waals surface area contributed by atoms with Crippen LogP contribution in [0.3, 0.4) is 0 Å². The number of carboxylic acid groups (broad SMARTS) is 1. The Kier molecular flexibility index (Phi) is 5.37. The molecule has 21 heavy (non-hydrogen) atoms. The summed E-state index contributed by atoms with van der Waals surface area (Å²) in [6.07, 6.45) is 0. The van der Waals surface area contributed by atoms with Gasteiger partial charge in [-0.25, -0.2) is 4.79 Å². The smallest absolute Gasteiger partial charge is 0.346 e. The zero-order valence-electron chi connectivity index (χ0n) is 13.0. The van der Waals surface area contributed by atoms with Gasteiger partial charge in [0.15, 0.2) is 0 Å². The molecule has 0 aliphatic carbocycles. The van der Waals surface area contributed by atoms with Crippen molar-refractivity contribution >= 4 is 17.3 Å². The fraction of sp³-hybridized carbons (Fsp3) is 0.667. The maximum absolute atomic E-state index is 11.1. The number of carbonyl (C=O) groups is 1. The molecule has 1 saturated heterocycles. The predicted octanol–water partition coefficient (Wildman–Crippen LogP) is 1.99. The molecule has 0 spiro atoms. The van der Waals surface area contributed by atoms with Crippen molar-refractivity contribution in [2.45, 2.75) is 25.9 Å². The second-order valence-corrected chi connectivity index (χ2v) is 7.00. The van der Waals surface area contributed by atoms with Crippen molar-refractivity contribution in [3.63, 3.8) is 0 Å². The third kappa shape index (κ3) is 4.03. The van der Waals surface area contributed by atoms with Gasteiger partial charge in [0, 0.05) is 45.4 Å². The molecular formula is C15H24N2O3S. The van der Waals surface area contributed by atoms with Gasteiger partial charge >= 0.3 is 5.97 Å². The van der Waals surface area contributed by atoms with Crippen LogP contribution in [0.15, 0.2) is 11.4 Å². The van der Waals surface area contributed by atoms with E-state index in [1.165, 1.54) is 11.3 Å². The number of hydrogen-bond donors (Lipinski definition) is 1. The minimum Gasteiger partial charge on any atom is -0.477 e. The molecule has 1 aliphatic rings. The number of thiophene rings is 1. The molecule has 0 radical (unpaired) electrons. The van der Waals surface area contributed by atoms with E-state index >= 15 is 0 Å². The van der Waals surface area contributed by atoms with Crippen molar-refractivity contribution in [3.8, 4) is 0 Å². The normalized spacial score (nSPS) is 18.0. The van der Waals surface area contributed by atoms with Crippen LogP contribution in [0.4, 0.5) is 0 Å². The highest BCUT2D eigenvalue weighted by molar-refractivity contribution is 7.12. The summed E-state index contributed by atoms with van der Waals surface area (Å²) in [6.45, 7) is 9.75. The molecule has 0 aromatic carbocycles. The molecule has 0 saturated carbocycles. The average Bonchev–Trinajstić information content (AvgIpc) is 2.87. The first kappa shape index (κ1) is 16.4. The Morgan fingerprint density at radius 3 is 2.62 bits per heavy atom. The molecule has 2 heterocycles. The van der Waals surface area contributed by atoms with Gasteiger partial charge in [-0.05, 0) is 30.9 Å². The largest absolute Gasteiger partial charge is 0.477 e. The lowest BCUT2D eigenvalue weighted by atomic mass is 10.0. The number of piperazine rings is 1.